The van der Waals surface area contributed by atoms with Gasteiger partial charge in [-0.05, 0) is 24.3 Å². The summed E-state index contributed by atoms with van der Waals surface area (Å²) in [7, 11) is 0. The van der Waals surface area contributed by atoms with Crippen LogP contribution in [0.4, 0.5) is 4.39 Å². The SMILES string of the molecule is N=C(N)COc1ccc(F)cc1. The number of nitrogens with one attached hydrogen (secondary N) is 1. The average Bonchev–Trinajstić information content (AvgIpc) is 2.03. The molecule has 0 fully saturated rings. The van der Waals surface area contributed by atoms with Crippen molar-refractivity contribution in [3.63, 3.8) is 0 Å². The summed E-state index contributed by atoms with van der Waals surface area (Å²) in [5.41, 5.74) is 5.05. The summed E-state index contributed by atoms with van der Waals surface area (Å²) < 4.78 is 17.4. The zero-order valence-corrected chi connectivity index (χ0v) is 6.38. The number of halogens is 1. The minimum Gasteiger partial charge on any atom is -0.486 e. The molecule has 0 spiro atoms. The van der Waals surface area contributed by atoms with Gasteiger partial charge in [0.05, 0.1) is 0 Å². The maximum atomic E-state index is 12.4. The number of hydrogen-bond acceptors (Lipinski definition) is 2. The highest BCUT2D eigenvalue weighted by atomic mass is 19.1. The molecule has 0 aliphatic heterocycles. The lowest BCUT2D eigenvalue weighted by Crippen LogP contribution is -2.19. The van der Waals surface area contributed by atoms with Gasteiger partial charge in [-0.3, -0.25) is 5.41 Å². The molecule has 0 bridgehead atoms. The second kappa shape index (κ2) is 3.71. The van der Waals surface area contributed by atoms with E-state index in [2.05, 4.69) is 0 Å². The van der Waals surface area contributed by atoms with Crippen molar-refractivity contribution in [2.75, 3.05) is 6.61 Å². The van der Waals surface area contributed by atoms with Crippen LogP contribution in [0, 0.1) is 11.2 Å². The normalized spacial score (nSPS) is 9.42. The highest BCUT2D eigenvalue weighted by molar-refractivity contribution is 5.78. The highest BCUT2D eigenvalue weighted by Crippen LogP contribution is 2.10. The van der Waals surface area contributed by atoms with Crippen LogP contribution in [0.3, 0.4) is 0 Å². The van der Waals surface area contributed by atoms with E-state index in [-0.39, 0.29) is 18.3 Å². The van der Waals surface area contributed by atoms with Crippen molar-refractivity contribution >= 4 is 5.84 Å². The first-order chi connectivity index (χ1) is 5.68. The van der Waals surface area contributed by atoms with Crippen molar-refractivity contribution in [2.45, 2.75) is 0 Å². The Morgan fingerprint density at radius 2 is 2.00 bits per heavy atom. The van der Waals surface area contributed by atoms with Crippen LogP contribution < -0.4 is 10.5 Å². The summed E-state index contributed by atoms with van der Waals surface area (Å²) in [6, 6.07) is 5.54. The second-order valence-electron chi connectivity index (χ2n) is 2.27. The third kappa shape index (κ3) is 2.57. The molecule has 1 aromatic rings. The molecule has 0 unspecified atom stereocenters. The van der Waals surface area contributed by atoms with Gasteiger partial charge in [-0.15, -0.1) is 0 Å². The lowest BCUT2D eigenvalue weighted by atomic mass is 10.3. The standard InChI is InChI=1S/C8H9FN2O/c9-6-1-3-7(4-2-6)12-5-8(10)11/h1-4H,5H2,(H3,10,11). The molecule has 0 radical (unpaired) electrons. The number of amidine groups is 1. The van der Waals surface area contributed by atoms with E-state index in [1.165, 1.54) is 24.3 Å². The molecule has 1 rings (SSSR count). The second-order valence-corrected chi connectivity index (χ2v) is 2.27. The first-order valence-electron chi connectivity index (χ1n) is 3.40. The van der Waals surface area contributed by atoms with Gasteiger partial charge in [0.25, 0.3) is 0 Å². The predicted octanol–water partition coefficient (Wildman–Crippen LogP) is 1.14. The van der Waals surface area contributed by atoms with E-state index in [0.717, 1.165) is 0 Å². The molecule has 0 aromatic heterocycles. The summed E-state index contributed by atoms with van der Waals surface area (Å²) in [6.07, 6.45) is 0. The van der Waals surface area contributed by atoms with Gasteiger partial charge in [-0.2, -0.15) is 0 Å². The van der Waals surface area contributed by atoms with Crippen LogP contribution in [0.5, 0.6) is 5.75 Å². The Balaban J connectivity index is 2.53. The van der Waals surface area contributed by atoms with Gasteiger partial charge in [0.15, 0.2) is 0 Å². The van der Waals surface area contributed by atoms with Crippen LogP contribution in [0.15, 0.2) is 24.3 Å². The van der Waals surface area contributed by atoms with Gasteiger partial charge in [0, 0.05) is 0 Å². The van der Waals surface area contributed by atoms with Crippen molar-refractivity contribution in [3.05, 3.63) is 30.1 Å². The molecule has 0 aliphatic rings. The number of benzene rings is 1. The van der Waals surface area contributed by atoms with E-state index in [4.69, 9.17) is 15.9 Å². The molecule has 0 amide bonds. The van der Waals surface area contributed by atoms with Crippen LogP contribution >= 0.6 is 0 Å². The molecule has 3 nitrogen and oxygen atoms in total. The van der Waals surface area contributed by atoms with Gasteiger partial charge in [0.1, 0.15) is 24.0 Å². The molecular weight excluding hydrogens is 159 g/mol. The van der Waals surface area contributed by atoms with Crippen molar-refractivity contribution in [1.29, 1.82) is 5.41 Å². The molecule has 1 aromatic carbocycles. The van der Waals surface area contributed by atoms with Gasteiger partial charge in [-0.1, -0.05) is 0 Å². The van der Waals surface area contributed by atoms with Gasteiger partial charge >= 0.3 is 0 Å². The summed E-state index contributed by atoms with van der Waals surface area (Å²) in [4.78, 5) is 0. The minimum atomic E-state index is -0.315. The lowest BCUT2D eigenvalue weighted by molar-refractivity contribution is 0.373. The number of rotatable bonds is 3. The van der Waals surface area contributed by atoms with E-state index in [9.17, 15) is 4.39 Å². The van der Waals surface area contributed by atoms with E-state index < -0.39 is 0 Å². The molecular formula is C8H9FN2O. The zero-order chi connectivity index (χ0) is 8.97. The Morgan fingerprint density at radius 3 is 2.50 bits per heavy atom. The third-order valence-corrected chi connectivity index (χ3v) is 1.21. The quantitative estimate of drug-likeness (QED) is 0.525. The Labute approximate surface area is 69.5 Å². The Kier molecular flexibility index (Phi) is 2.63. The van der Waals surface area contributed by atoms with Gasteiger partial charge in [0.2, 0.25) is 0 Å². The summed E-state index contributed by atoms with van der Waals surface area (Å²) >= 11 is 0. The molecule has 0 heterocycles. The minimum absolute atomic E-state index is 0.0334. The van der Waals surface area contributed by atoms with E-state index in [1.54, 1.807) is 0 Å². The van der Waals surface area contributed by atoms with Crippen molar-refractivity contribution in [1.82, 2.24) is 0 Å². The fraction of sp³-hybridized carbons (Fsp3) is 0.125. The van der Waals surface area contributed by atoms with Crippen LogP contribution in [-0.4, -0.2) is 12.4 Å². The fourth-order valence-electron chi connectivity index (χ4n) is 0.692. The third-order valence-electron chi connectivity index (χ3n) is 1.21. The fourth-order valence-corrected chi connectivity index (χ4v) is 0.692. The number of nitrogens with two attached hydrogens (primary N) is 1. The van der Waals surface area contributed by atoms with E-state index >= 15 is 0 Å². The first kappa shape index (κ1) is 8.52. The van der Waals surface area contributed by atoms with Crippen molar-refractivity contribution in [2.24, 2.45) is 5.73 Å². The van der Waals surface area contributed by atoms with Gasteiger partial charge in [-0.25, -0.2) is 4.39 Å². The molecule has 0 aliphatic carbocycles. The van der Waals surface area contributed by atoms with Crippen LogP contribution in [0.1, 0.15) is 0 Å². The van der Waals surface area contributed by atoms with Gasteiger partial charge < -0.3 is 10.5 Å². The van der Waals surface area contributed by atoms with Crippen LogP contribution in [-0.2, 0) is 0 Å². The maximum absolute atomic E-state index is 12.4. The lowest BCUT2D eigenvalue weighted by Gasteiger charge is -2.03. The summed E-state index contributed by atoms with van der Waals surface area (Å²) in [5.74, 6) is 0.135. The first-order valence-corrected chi connectivity index (χ1v) is 3.40. The molecule has 12 heavy (non-hydrogen) atoms. The zero-order valence-electron chi connectivity index (χ0n) is 6.38. The molecule has 0 atom stereocenters. The van der Waals surface area contributed by atoms with Crippen LogP contribution in [0.25, 0.3) is 0 Å². The molecule has 64 valence electrons. The molecule has 0 saturated carbocycles. The molecule has 4 heteroatoms. The summed E-state index contributed by atoms with van der Waals surface area (Å²) in [6.45, 7) is 0.0334. The van der Waals surface area contributed by atoms with E-state index in [0.29, 0.717) is 5.75 Å². The molecule has 0 saturated heterocycles. The average molecular weight is 168 g/mol. The smallest absolute Gasteiger partial charge is 0.145 e. The van der Waals surface area contributed by atoms with E-state index in [1.807, 2.05) is 0 Å². The Hall–Kier alpha value is -1.58. The van der Waals surface area contributed by atoms with Crippen LogP contribution in [0.2, 0.25) is 0 Å². The number of hydrogen-bond donors (Lipinski definition) is 2. The van der Waals surface area contributed by atoms with Crippen molar-refractivity contribution in [3.8, 4) is 5.75 Å². The predicted molar refractivity (Wildman–Crippen MR) is 43.8 cm³/mol. The van der Waals surface area contributed by atoms with Crippen molar-refractivity contribution < 1.29 is 9.13 Å². The number of ether oxygens (including phenoxy) is 1. The maximum Gasteiger partial charge on any atom is 0.145 e. The topological polar surface area (TPSA) is 59.1 Å². The Morgan fingerprint density at radius 1 is 1.42 bits per heavy atom. The largest absolute Gasteiger partial charge is 0.486 e. The monoisotopic (exact) mass is 168 g/mol. The molecule has 3 N–H and O–H groups in total. The highest BCUT2D eigenvalue weighted by Gasteiger charge is 1.94. The Bertz CT molecular complexity index is 271. The summed E-state index contributed by atoms with van der Waals surface area (Å²) in [5, 5.41) is 6.86.